The third kappa shape index (κ3) is 2.80. The monoisotopic (exact) mass is 297 g/mol. The smallest absolute Gasteiger partial charge is 0.265 e. The first-order valence-electron chi connectivity index (χ1n) is 5.39. The van der Waals surface area contributed by atoms with E-state index < -0.39 is 10.0 Å². The van der Waals surface area contributed by atoms with Gasteiger partial charge in [0.2, 0.25) is 0 Å². The predicted molar refractivity (Wildman–Crippen MR) is 75.6 cm³/mol. The maximum atomic E-state index is 12.2. The topological polar surface area (TPSA) is 85.1 Å². The van der Waals surface area contributed by atoms with Gasteiger partial charge in [-0.1, -0.05) is 17.7 Å². The molecule has 0 spiro atoms. The Kier molecular flexibility index (Phi) is 3.64. The third-order valence-corrected chi connectivity index (χ3v) is 4.44. The van der Waals surface area contributed by atoms with Crippen LogP contribution in [0.25, 0.3) is 0 Å². The van der Waals surface area contributed by atoms with Crippen molar-refractivity contribution in [3.63, 3.8) is 0 Å². The van der Waals surface area contributed by atoms with E-state index in [2.05, 4.69) is 9.71 Å². The van der Waals surface area contributed by atoms with Crippen molar-refractivity contribution in [1.29, 1.82) is 0 Å². The van der Waals surface area contributed by atoms with Gasteiger partial charge in [-0.15, -0.1) is 0 Å². The summed E-state index contributed by atoms with van der Waals surface area (Å²) in [5, 5.41) is 0.486. The lowest BCUT2D eigenvalue weighted by Gasteiger charge is -2.12. The summed E-state index contributed by atoms with van der Waals surface area (Å²) in [6.45, 7) is 1.73. The van der Waals surface area contributed by atoms with E-state index in [4.69, 9.17) is 17.3 Å². The molecule has 0 atom stereocenters. The van der Waals surface area contributed by atoms with Crippen LogP contribution < -0.4 is 10.5 Å². The van der Waals surface area contributed by atoms with Gasteiger partial charge in [0.1, 0.15) is 4.90 Å². The van der Waals surface area contributed by atoms with E-state index in [1.54, 1.807) is 25.1 Å². The largest absolute Gasteiger partial charge is 0.398 e. The van der Waals surface area contributed by atoms with Crippen LogP contribution >= 0.6 is 11.6 Å². The number of aromatic nitrogens is 1. The molecule has 1 heterocycles. The fourth-order valence-electron chi connectivity index (χ4n) is 1.53. The van der Waals surface area contributed by atoms with Gasteiger partial charge in [0.25, 0.3) is 10.0 Å². The van der Waals surface area contributed by atoms with E-state index in [1.165, 1.54) is 18.5 Å². The number of nitrogens with zero attached hydrogens (tertiary/aromatic N) is 1. The number of hydrogen-bond acceptors (Lipinski definition) is 4. The Morgan fingerprint density at radius 1 is 1.32 bits per heavy atom. The molecule has 0 saturated carbocycles. The Bertz CT molecular complexity index is 717. The first kappa shape index (κ1) is 13.6. The second-order valence-electron chi connectivity index (χ2n) is 3.93. The zero-order chi connectivity index (χ0) is 14.0. The molecule has 5 nitrogen and oxygen atoms in total. The number of nitrogen functional groups attached to an aromatic ring is 1. The summed E-state index contributed by atoms with van der Waals surface area (Å²) in [7, 11) is -3.78. The molecular formula is C12H12ClN3O2S. The molecule has 100 valence electrons. The number of hydrogen-bond donors (Lipinski definition) is 2. The highest BCUT2D eigenvalue weighted by Crippen LogP contribution is 2.26. The van der Waals surface area contributed by atoms with Gasteiger partial charge >= 0.3 is 0 Å². The van der Waals surface area contributed by atoms with Gasteiger partial charge in [-0.3, -0.25) is 9.71 Å². The van der Waals surface area contributed by atoms with E-state index in [0.717, 1.165) is 0 Å². The number of nitrogens with two attached hydrogens (primary N) is 1. The van der Waals surface area contributed by atoms with Crippen LogP contribution in [0.4, 0.5) is 11.4 Å². The van der Waals surface area contributed by atoms with Crippen molar-refractivity contribution < 1.29 is 8.42 Å². The summed E-state index contributed by atoms with van der Waals surface area (Å²) < 4.78 is 26.9. The molecule has 3 N–H and O–H groups in total. The van der Waals surface area contributed by atoms with Crippen molar-refractivity contribution >= 4 is 33.0 Å². The van der Waals surface area contributed by atoms with Crippen molar-refractivity contribution in [3.8, 4) is 0 Å². The minimum Gasteiger partial charge on any atom is -0.398 e. The molecule has 0 fully saturated rings. The molecule has 7 heteroatoms. The van der Waals surface area contributed by atoms with Crippen LogP contribution in [-0.4, -0.2) is 13.4 Å². The van der Waals surface area contributed by atoms with Crippen molar-refractivity contribution in [2.45, 2.75) is 11.8 Å². The summed E-state index contributed by atoms with van der Waals surface area (Å²) in [6, 6.07) is 6.41. The lowest BCUT2D eigenvalue weighted by molar-refractivity contribution is 0.601. The standard InChI is InChI=1S/C12H12ClN3O2S/c1-8-9(13)3-2-4-11(8)16-19(17,18)12-7-15-6-5-10(12)14/h2-7,16H,1H3,(H2,14,15). The molecule has 1 aromatic heterocycles. The van der Waals surface area contributed by atoms with Gasteiger partial charge in [0.15, 0.2) is 0 Å². The highest BCUT2D eigenvalue weighted by molar-refractivity contribution is 7.92. The minimum atomic E-state index is -3.78. The lowest BCUT2D eigenvalue weighted by atomic mass is 10.2. The molecule has 0 aliphatic rings. The normalized spacial score (nSPS) is 11.3. The lowest BCUT2D eigenvalue weighted by Crippen LogP contribution is -2.15. The second-order valence-corrected chi connectivity index (χ2v) is 5.99. The highest BCUT2D eigenvalue weighted by Gasteiger charge is 2.18. The van der Waals surface area contributed by atoms with Gasteiger partial charge in [-0.2, -0.15) is 0 Å². The Morgan fingerprint density at radius 3 is 2.74 bits per heavy atom. The van der Waals surface area contributed by atoms with Gasteiger partial charge in [0.05, 0.1) is 11.4 Å². The quantitative estimate of drug-likeness (QED) is 0.911. The van der Waals surface area contributed by atoms with Crippen LogP contribution in [0.1, 0.15) is 5.56 Å². The summed E-state index contributed by atoms with van der Waals surface area (Å²) >= 11 is 5.95. The number of sulfonamides is 1. The average Bonchev–Trinajstić information content (AvgIpc) is 2.35. The van der Waals surface area contributed by atoms with E-state index >= 15 is 0 Å². The average molecular weight is 298 g/mol. The number of rotatable bonds is 3. The molecule has 2 aromatic rings. The Hall–Kier alpha value is -1.79. The zero-order valence-corrected chi connectivity index (χ0v) is 11.7. The summed E-state index contributed by atoms with van der Waals surface area (Å²) in [5.41, 5.74) is 6.85. The van der Waals surface area contributed by atoms with Gasteiger partial charge < -0.3 is 5.73 Å². The van der Waals surface area contributed by atoms with Crippen molar-refractivity contribution in [1.82, 2.24) is 4.98 Å². The molecular weight excluding hydrogens is 286 g/mol. The molecule has 2 rings (SSSR count). The predicted octanol–water partition coefficient (Wildman–Crippen LogP) is 2.43. The molecule has 0 bridgehead atoms. The maximum absolute atomic E-state index is 12.2. The number of nitrogens with one attached hydrogen (secondary N) is 1. The van der Waals surface area contributed by atoms with Crippen LogP contribution in [-0.2, 0) is 10.0 Å². The molecule has 0 radical (unpaired) electrons. The molecule has 0 saturated heterocycles. The van der Waals surface area contributed by atoms with E-state index in [-0.39, 0.29) is 10.6 Å². The first-order valence-corrected chi connectivity index (χ1v) is 7.25. The minimum absolute atomic E-state index is 0.0608. The van der Waals surface area contributed by atoms with E-state index in [0.29, 0.717) is 16.3 Å². The van der Waals surface area contributed by atoms with Gasteiger partial charge in [-0.05, 0) is 30.7 Å². The van der Waals surface area contributed by atoms with Crippen molar-refractivity contribution in [2.24, 2.45) is 0 Å². The van der Waals surface area contributed by atoms with Crippen LogP contribution in [0, 0.1) is 6.92 Å². The van der Waals surface area contributed by atoms with E-state index in [9.17, 15) is 8.42 Å². The fraction of sp³-hybridized carbons (Fsp3) is 0.0833. The zero-order valence-electron chi connectivity index (χ0n) is 10.1. The molecule has 0 aliphatic carbocycles. The third-order valence-electron chi connectivity index (χ3n) is 2.62. The highest BCUT2D eigenvalue weighted by atomic mass is 35.5. The summed E-state index contributed by atoms with van der Waals surface area (Å²) in [6.07, 6.45) is 2.64. The van der Waals surface area contributed by atoms with Crippen LogP contribution in [0.3, 0.4) is 0 Å². The van der Waals surface area contributed by atoms with Gasteiger partial charge in [0, 0.05) is 17.4 Å². The van der Waals surface area contributed by atoms with E-state index in [1.807, 2.05) is 0 Å². The number of benzene rings is 1. The Balaban J connectivity index is 2.43. The van der Waals surface area contributed by atoms with Crippen LogP contribution in [0.2, 0.25) is 5.02 Å². The van der Waals surface area contributed by atoms with Crippen LogP contribution in [0.5, 0.6) is 0 Å². The Labute approximate surface area is 116 Å². The summed E-state index contributed by atoms with van der Waals surface area (Å²) in [5.74, 6) is 0. The molecule has 1 aromatic carbocycles. The van der Waals surface area contributed by atoms with Crippen LogP contribution in [0.15, 0.2) is 41.6 Å². The summed E-state index contributed by atoms with van der Waals surface area (Å²) in [4.78, 5) is 3.71. The molecule has 0 unspecified atom stereocenters. The van der Waals surface area contributed by atoms with Crippen molar-refractivity contribution in [2.75, 3.05) is 10.5 Å². The SMILES string of the molecule is Cc1c(Cl)cccc1NS(=O)(=O)c1cnccc1N. The molecule has 0 aliphatic heterocycles. The number of anilines is 2. The number of halogens is 1. The first-order chi connectivity index (χ1) is 8.92. The molecule has 19 heavy (non-hydrogen) atoms. The fourth-order valence-corrected chi connectivity index (χ4v) is 2.91. The van der Waals surface area contributed by atoms with Gasteiger partial charge in [-0.25, -0.2) is 8.42 Å². The second kappa shape index (κ2) is 5.07. The Morgan fingerprint density at radius 2 is 2.05 bits per heavy atom. The maximum Gasteiger partial charge on any atom is 0.265 e. The van der Waals surface area contributed by atoms with Crippen molar-refractivity contribution in [3.05, 3.63) is 47.2 Å². The number of pyridine rings is 1. The molecule has 0 amide bonds.